The average molecular weight is 356 g/mol. The molecule has 126 valence electrons. The summed E-state index contributed by atoms with van der Waals surface area (Å²) in [5.74, 6) is -1.07. The zero-order valence-electron chi connectivity index (χ0n) is 15.3. The number of carbonyl (C=O) groups excluding carboxylic acids is 1. The molecule has 1 atom stereocenters. The van der Waals surface area contributed by atoms with E-state index in [1.165, 1.54) is 22.3 Å². The molecule has 1 aliphatic heterocycles. The fourth-order valence-electron chi connectivity index (χ4n) is 3.75. The Hall–Kier alpha value is -0.0136. The second-order valence-electron chi connectivity index (χ2n) is 6.56. The third-order valence-electron chi connectivity index (χ3n) is 4.88. The maximum absolute atomic E-state index is 11.6. The first-order valence-corrected chi connectivity index (χ1v) is 8.22. The van der Waals surface area contributed by atoms with E-state index in [0.29, 0.717) is 13.0 Å². The normalized spacial score (nSPS) is 21.2. The van der Waals surface area contributed by atoms with Gasteiger partial charge in [-0.3, -0.25) is 4.90 Å². The van der Waals surface area contributed by atoms with Crippen LogP contribution in [-0.4, -0.2) is 41.2 Å². The maximum Gasteiger partial charge on any atom is 1.00 e. The Labute approximate surface area is 187 Å². The van der Waals surface area contributed by atoms with E-state index in [4.69, 9.17) is 0 Å². The van der Waals surface area contributed by atoms with Crippen LogP contribution in [-0.2, 0) is 4.79 Å². The van der Waals surface area contributed by atoms with Crippen molar-refractivity contribution in [1.82, 2.24) is 4.90 Å². The Bertz CT molecular complexity index is 592. The van der Waals surface area contributed by atoms with Gasteiger partial charge >= 0.3 is 51.4 Å². The first-order valence-electron chi connectivity index (χ1n) is 8.22. The van der Waals surface area contributed by atoms with Gasteiger partial charge < -0.3 is 15.0 Å². The van der Waals surface area contributed by atoms with Crippen LogP contribution in [0.25, 0.3) is 6.08 Å². The molecule has 0 amide bonds. The molecule has 1 aromatic rings. The fourth-order valence-corrected chi connectivity index (χ4v) is 3.75. The van der Waals surface area contributed by atoms with Crippen LogP contribution in [0, 0.1) is 20.8 Å². The summed E-state index contributed by atoms with van der Waals surface area (Å²) in [6.07, 6.45) is 5.69. The molecule has 1 unspecified atom stereocenters. The van der Waals surface area contributed by atoms with Crippen molar-refractivity contribution < 1.29 is 66.4 Å². The maximum atomic E-state index is 11.6. The van der Waals surface area contributed by atoms with Gasteiger partial charge in [-0.05, 0) is 63.3 Å². The van der Waals surface area contributed by atoms with E-state index in [0.717, 1.165) is 13.0 Å². The first-order chi connectivity index (χ1) is 10.9. The summed E-state index contributed by atoms with van der Waals surface area (Å²) in [6, 6.07) is 4.31. The van der Waals surface area contributed by atoms with Crippen LogP contribution < -0.4 is 56.5 Å². The smallest absolute Gasteiger partial charge is 0.548 e. The summed E-state index contributed by atoms with van der Waals surface area (Å²) in [6.45, 7) is 7.41. The second-order valence-corrected chi connectivity index (χ2v) is 6.56. The Morgan fingerprint density at radius 3 is 2.50 bits per heavy atom. The molecule has 0 spiro atoms. The predicted molar refractivity (Wildman–Crippen MR) is 89.9 cm³/mol. The van der Waals surface area contributed by atoms with Crippen LogP contribution in [0.2, 0.25) is 0 Å². The van der Waals surface area contributed by atoms with Crippen LogP contribution >= 0.6 is 0 Å². The van der Waals surface area contributed by atoms with E-state index in [1.807, 2.05) is 11.0 Å². The van der Waals surface area contributed by atoms with Crippen LogP contribution in [0.15, 0.2) is 18.2 Å². The van der Waals surface area contributed by atoms with Crippen molar-refractivity contribution in [2.45, 2.75) is 45.6 Å². The zero-order chi connectivity index (χ0) is 17.0. The zero-order valence-corrected chi connectivity index (χ0v) is 18.4. The molecule has 0 bridgehead atoms. The summed E-state index contributed by atoms with van der Waals surface area (Å²) in [5, 5.41) is 20.8. The van der Waals surface area contributed by atoms with Crippen molar-refractivity contribution in [2.75, 3.05) is 19.7 Å². The molecule has 1 aromatic carbocycles. The quantitative estimate of drug-likeness (QED) is 0.638. The molecule has 0 aliphatic carbocycles. The molecule has 2 rings (SSSR count). The standard InChI is InChI=1S/C19H27NO3.K/c1-14-12-15(2)17(16(3)13-14)6-4-9-20-10-5-7-19(20,8-11-21)18(22)23;/h4,6,12-13,21H,5,7-11H2,1-3H3,(H,22,23);/q;+1/p-1/b6-4+;. The topological polar surface area (TPSA) is 63.6 Å². The third kappa shape index (κ3) is 4.78. The summed E-state index contributed by atoms with van der Waals surface area (Å²) in [5.41, 5.74) is 3.87. The molecule has 1 N–H and O–H groups in total. The van der Waals surface area contributed by atoms with E-state index in [2.05, 4.69) is 39.0 Å². The van der Waals surface area contributed by atoms with Gasteiger partial charge in [0.15, 0.2) is 0 Å². The minimum absolute atomic E-state index is 0. The van der Waals surface area contributed by atoms with Crippen molar-refractivity contribution >= 4 is 12.0 Å². The number of rotatable bonds is 6. The van der Waals surface area contributed by atoms with E-state index in [1.54, 1.807) is 0 Å². The number of aliphatic carboxylic acids is 1. The van der Waals surface area contributed by atoms with E-state index < -0.39 is 11.5 Å². The minimum atomic E-state index is -1.07. The molecular weight excluding hydrogens is 329 g/mol. The van der Waals surface area contributed by atoms with Crippen LogP contribution in [0.3, 0.4) is 0 Å². The van der Waals surface area contributed by atoms with Gasteiger partial charge in [0.2, 0.25) is 0 Å². The molecule has 1 fully saturated rings. The van der Waals surface area contributed by atoms with Gasteiger partial charge in [-0.1, -0.05) is 29.8 Å². The Balaban J connectivity index is 0.00000288. The van der Waals surface area contributed by atoms with Gasteiger partial charge in [0, 0.05) is 13.2 Å². The largest absolute Gasteiger partial charge is 1.00 e. The van der Waals surface area contributed by atoms with E-state index >= 15 is 0 Å². The number of carbonyl (C=O) groups is 1. The minimum Gasteiger partial charge on any atom is -0.548 e. The van der Waals surface area contributed by atoms with Crippen molar-refractivity contribution in [3.05, 3.63) is 40.5 Å². The number of benzene rings is 1. The van der Waals surface area contributed by atoms with Crippen LogP contribution in [0.1, 0.15) is 41.5 Å². The first kappa shape index (κ1) is 22.0. The Morgan fingerprint density at radius 2 is 1.96 bits per heavy atom. The summed E-state index contributed by atoms with van der Waals surface area (Å²) in [4.78, 5) is 13.5. The summed E-state index contributed by atoms with van der Waals surface area (Å²) < 4.78 is 0. The molecular formula is C19H26KNO3. The Morgan fingerprint density at radius 1 is 1.33 bits per heavy atom. The Kier molecular flexibility index (Phi) is 8.83. The second kappa shape index (κ2) is 9.62. The monoisotopic (exact) mass is 355 g/mol. The molecule has 0 radical (unpaired) electrons. The van der Waals surface area contributed by atoms with E-state index in [9.17, 15) is 15.0 Å². The summed E-state index contributed by atoms with van der Waals surface area (Å²) in [7, 11) is 0. The third-order valence-corrected chi connectivity index (χ3v) is 4.88. The average Bonchev–Trinajstić information content (AvgIpc) is 2.86. The molecule has 0 aromatic heterocycles. The van der Waals surface area contributed by atoms with Gasteiger partial charge in [0.05, 0.1) is 11.5 Å². The number of carboxylic acids is 1. The fraction of sp³-hybridized carbons (Fsp3) is 0.526. The van der Waals surface area contributed by atoms with Gasteiger partial charge in [-0.25, -0.2) is 0 Å². The van der Waals surface area contributed by atoms with Crippen molar-refractivity contribution in [2.24, 2.45) is 0 Å². The molecule has 24 heavy (non-hydrogen) atoms. The van der Waals surface area contributed by atoms with Gasteiger partial charge in [-0.15, -0.1) is 0 Å². The number of aryl methyl sites for hydroxylation is 3. The van der Waals surface area contributed by atoms with Crippen molar-refractivity contribution in [1.29, 1.82) is 0 Å². The molecule has 1 saturated heterocycles. The van der Waals surface area contributed by atoms with Gasteiger partial charge in [-0.2, -0.15) is 0 Å². The molecule has 1 aliphatic rings. The van der Waals surface area contributed by atoms with Crippen LogP contribution in [0.4, 0.5) is 0 Å². The summed E-state index contributed by atoms with van der Waals surface area (Å²) >= 11 is 0. The number of aliphatic hydroxyl groups excluding tert-OH is 1. The number of nitrogens with zero attached hydrogens (tertiary/aromatic N) is 1. The number of likely N-dealkylation sites (tertiary alicyclic amines) is 1. The SMILES string of the molecule is Cc1cc(C)c(/C=C/CN2CCCC2(CCO)C(=O)[O-])c(C)c1.[K+]. The van der Waals surface area contributed by atoms with Gasteiger partial charge in [0.25, 0.3) is 0 Å². The van der Waals surface area contributed by atoms with Crippen molar-refractivity contribution in [3.63, 3.8) is 0 Å². The predicted octanol–water partition coefficient (Wildman–Crippen LogP) is -1.40. The van der Waals surface area contributed by atoms with Gasteiger partial charge in [0.1, 0.15) is 0 Å². The molecule has 0 saturated carbocycles. The number of hydrogen-bond acceptors (Lipinski definition) is 4. The number of hydrogen-bond donors (Lipinski definition) is 1. The molecule has 1 heterocycles. The molecule has 5 heteroatoms. The molecule has 4 nitrogen and oxygen atoms in total. The number of aliphatic hydroxyl groups is 1. The van der Waals surface area contributed by atoms with Crippen molar-refractivity contribution in [3.8, 4) is 0 Å². The number of carboxylic acid groups (broad SMARTS) is 1. The van der Waals surface area contributed by atoms with Crippen LogP contribution in [0.5, 0.6) is 0 Å². The van der Waals surface area contributed by atoms with E-state index in [-0.39, 0.29) is 64.4 Å².